The second kappa shape index (κ2) is 4.21. The van der Waals surface area contributed by atoms with Crippen molar-refractivity contribution in [3.05, 3.63) is 40.4 Å². The van der Waals surface area contributed by atoms with E-state index in [-0.39, 0.29) is 0 Å². The van der Waals surface area contributed by atoms with E-state index in [0.717, 1.165) is 16.3 Å². The Balaban J connectivity index is 3.14. The standard InChI is InChI=1S/C10H9BrO/c1-8(11)10(7-12)9-5-3-2-4-6-9/h2-7H,1H3. The number of rotatable bonds is 2. The first-order chi connectivity index (χ1) is 5.75. The van der Waals surface area contributed by atoms with Crippen LogP contribution < -0.4 is 0 Å². The maximum absolute atomic E-state index is 10.7. The Morgan fingerprint density at radius 3 is 2.33 bits per heavy atom. The topological polar surface area (TPSA) is 17.1 Å². The zero-order chi connectivity index (χ0) is 8.97. The summed E-state index contributed by atoms with van der Waals surface area (Å²) in [6, 6.07) is 9.57. The van der Waals surface area contributed by atoms with Gasteiger partial charge in [-0.05, 0) is 12.5 Å². The summed E-state index contributed by atoms with van der Waals surface area (Å²) in [5.41, 5.74) is 1.65. The van der Waals surface area contributed by atoms with Crippen molar-refractivity contribution < 1.29 is 4.79 Å². The molecule has 2 heteroatoms. The van der Waals surface area contributed by atoms with E-state index in [0.29, 0.717) is 5.57 Å². The highest BCUT2D eigenvalue weighted by Crippen LogP contribution is 2.19. The van der Waals surface area contributed by atoms with Crippen LogP contribution in [0.15, 0.2) is 34.8 Å². The molecule has 1 aromatic rings. The Bertz CT molecular complexity index is 297. The number of hydrogen-bond acceptors (Lipinski definition) is 1. The zero-order valence-electron chi connectivity index (χ0n) is 6.75. The molecule has 0 N–H and O–H groups in total. The average Bonchev–Trinajstić information content (AvgIpc) is 2.07. The molecule has 62 valence electrons. The van der Waals surface area contributed by atoms with Gasteiger partial charge in [0.15, 0.2) is 6.29 Å². The molecule has 0 aromatic heterocycles. The van der Waals surface area contributed by atoms with Crippen molar-refractivity contribution in [1.29, 1.82) is 0 Å². The molecule has 0 aliphatic heterocycles. The van der Waals surface area contributed by atoms with E-state index in [1.54, 1.807) is 0 Å². The molecule has 0 atom stereocenters. The van der Waals surface area contributed by atoms with E-state index in [1.165, 1.54) is 0 Å². The van der Waals surface area contributed by atoms with Crippen LogP contribution in [-0.2, 0) is 4.79 Å². The van der Waals surface area contributed by atoms with Crippen molar-refractivity contribution >= 4 is 27.8 Å². The van der Waals surface area contributed by atoms with Crippen LogP contribution in [0.1, 0.15) is 12.5 Å². The minimum absolute atomic E-state index is 0.704. The van der Waals surface area contributed by atoms with Crippen molar-refractivity contribution in [2.75, 3.05) is 0 Å². The molecular formula is C10H9BrO. The molecule has 0 saturated carbocycles. The van der Waals surface area contributed by atoms with Crippen LogP contribution in [0.4, 0.5) is 0 Å². The fourth-order valence-corrected chi connectivity index (χ4v) is 1.29. The number of carbonyl (C=O) groups is 1. The van der Waals surface area contributed by atoms with Gasteiger partial charge in [0.2, 0.25) is 0 Å². The Hall–Kier alpha value is -0.890. The van der Waals surface area contributed by atoms with Crippen LogP contribution >= 0.6 is 15.9 Å². The van der Waals surface area contributed by atoms with Gasteiger partial charge >= 0.3 is 0 Å². The van der Waals surface area contributed by atoms with E-state index in [1.807, 2.05) is 37.3 Å². The Morgan fingerprint density at radius 2 is 1.92 bits per heavy atom. The third-order valence-corrected chi connectivity index (χ3v) is 2.00. The number of halogens is 1. The third-order valence-electron chi connectivity index (χ3n) is 1.57. The first-order valence-electron chi connectivity index (χ1n) is 3.62. The van der Waals surface area contributed by atoms with E-state index in [4.69, 9.17) is 0 Å². The maximum atomic E-state index is 10.7. The predicted molar refractivity (Wildman–Crippen MR) is 54.0 cm³/mol. The van der Waals surface area contributed by atoms with Gasteiger partial charge in [0, 0.05) is 10.1 Å². The molecule has 0 heterocycles. The lowest BCUT2D eigenvalue weighted by Gasteiger charge is -1.99. The first kappa shape index (κ1) is 9.20. The van der Waals surface area contributed by atoms with Gasteiger partial charge in [-0.25, -0.2) is 0 Å². The van der Waals surface area contributed by atoms with Crippen LogP contribution in [0, 0.1) is 0 Å². The van der Waals surface area contributed by atoms with E-state index in [2.05, 4.69) is 15.9 Å². The molecule has 1 rings (SSSR count). The van der Waals surface area contributed by atoms with Gasteiger partial charge in [0.1, 0.15) is 0 Å². The lowest BCUT2D eigenvalue weighted by molar-refractivity contribution is -0.103. The lowest BCUT2D eigenvalue weighted by atomic mass is 10.1. The average molecular weight is 225 g/mol. The van der Waals surface area contributed by atoms with E-state index < -0.39 is 0 Å². The lowest BCUT2D eigenvalue weighted by Crippen LogP contribution is -1.85. The number of hydrogen-bond donors (Lipinski definition) is 0. The van der Waals surface area contributed by atoms with E-state index in [9.17, 15) is 4.79 Å². The van der Waals surface area contributed by atoms with Crippen molar-refractivity contribution in [2.45, 2.75) is 6.92 Å². The molecule has 0 fully saturated rings. The summed E-state index contributed by atoms with van der Waals surface area (Å²) in [5.74, 6) is 0. The zero-order valence-corrected chi connectivity index (χ0v) is 8.34. The molecule has 0 aliphatic rings. The van der Waals surface area contributed by atoms with Gasteiger partial charge in [0.25, 0.3) is 0 Å². The molecular weight excluding hydrogens is 216 g/mol. The summed E-state index contributed by atoms with van der Waals surface area (Å²) in [6.07, 6.45) is 0.861. The summed E-state index contributed by atoms with van der Waals surface area (Å²) in [4.78, 5) is 10.7. The van der Waals surface area contributed by atoms with Gasteiger partial charge in [0.05, 0.1) is 0 Å². The third kappa shape index (κ3) is 2.05. The van der Waals surface area contributed by atoms with Gasteiger partial charge < -0.3 is 0 Å². The van der Waals surface area contributed by atoms with Crippen LogP contribution in [0.3, 0.4) is 0 Å². The maximum Gasteiger partial charge on any atom is 0.151 e. The van der Waals surface area contributed by atoms with Gasteiger partial charge in [-0.2, -0.15) is 0 Å². The normalized spacial score (nSPS) is 12.2. The summed E-state index contributed by atoms with van der Waals surface area (Å²) in [6.45, 7) is 1.86. The minimum atomic E-state index is 0.704. The van der Waals surface area contributed by atoms with Crippen molar-refractivity contribution in [3.8, 4) is 0 Å². The Kier molecular flexibility index (Phi) is 3.23. The molecule has 0 bridgehead atoms. The largest absolute Gasteiger partial charge is 0.298 e. The SMILES string of the molecule is CC(Br)=C(C=O)c1ccccc1. The minimum Gasteiger partial charge on any atom is -0.298 e. The summed E-state index contributed by atoms with van der Waals surface area (Å²) in [7, 11) is 0. The second-order valence-electron chi connectivity index (χ2n) is 2.43. The van der Waals surface area contributed by atoms with Crippen molar-refractivity contribution in [3.63, 3.8) is 0 Å². The molecule has 0 aliphatic carbocycles. The molecule has 1 nitrogen and oxygen atoms in total. The van der Waals surface area contributed by atoms with Crippen LogP contribution in [-0.4, -0.2) is 6.29 Å². The molecule has 1 aromatic carbocycles. The van der Waals surface area contributed by atoms with Crippen molar-refractivity contribution in [1.82, 2.24) is 0 Å². The smallest absolute Gasteiger partial charge is 0.151 e. The fraction of sp³-hybridized carbons (Fsp3) is 0.100. The highest BCUT2D eigenvalue weighted by atomic mass is 79.9. The quantitative estimate of drug-likeness (QED) is 0.558. The fourth-order valence-electron chi connectivity index (χ4n) is 0.966. The summed E-state index contributed by atoms with van der Waals surface area (Å²) >= 11 is 3.29. The molecule has 0 radical (unpaired) electrons. The molecule has 0 spiro atoms. The monoisotopic (exact) mass is 224 g/mol. The van der Waals surface area contributed by atoms with E-state index >= 15 is 0 Å². The predicted octanol–water partition coefficient (Wildman–Crippen LogP) is 3.01. The Labute approximate surface area is 80.2 Å². The number of benzene rings is 1. The number of carbonyl (C=O) groups excluding carboxylic acids is 1. The van der Waals surface area contributed by atoms with Crippen LogP contribution in [0.2, 0.25) is 0 Å². The number of aldehydes is 1. The highest BCUT2D eigenvalue weighted by Gasteiger charge is 2.00. The second-order valence-corrected chi connectivity index (χ2v) is 3.62. The first-order valence-corrected chi connectivity index (χ1v) is 4.42. The van der Waals surface area contributed by atoms with Crippen molar-refractivity contribution in [2.24, 2.45) is 0 Å². The molecule has 0 unspecified atom stereocenters. The van der Waals surface area contributed by atoms with Crippen LogP contribution in [0.25, 0.3) is 5.57 Å². The molecule has 12 heavy (non-hydrogen) atoms. The molecule has 0 saturated heterocycles. The number of allylic oxidation sites excluding steroid dienone is 2. The summed E-state index contributed by atoms with van der Waals surface area (Å²) < 4.78 is 0.865. The van der Waals surface area contributed by atoms with Gasteiger partial charge in [-0.15, -0.1) is 0 Å². The van der Waals surface area contributed by atoms with Gasteiger partial charge in [-0.3, -0.25) is 4.79 Å². The van der Waals surface area contributed by atoms with Gasteiger partial charge in [-0.1, -0.05) is 46.3 Å². The van der Waals surface area contributed by atoms with Crippen LogP contribution in [0.5, 0.6) is 0 Å². The highest BCUT2D eigenvalue weighted by molar-refractivity contribution is 9.11. The summed E-state index contributed by atoms with van der Waals surface area (Å²) in [5, 5.41) is 0. The Morgan fingerprint density at radius 1 is 1.33 bits per heavy atom. The molecule has 0 amide bonds.